The largest absolute Gasteiger partial charge is 0.370 e. The minimum atomic E-state index is -0.262. The fourth-order valence-electron chi connectivity index (χ4n) is 2.99. The maximum Gasteiger partial charge on any atom is 0.140 e. The van der Waals surface area contributed by atoms with Crippen molar-refractivity contribution in [1.29, 1.82) is 0 Å². The van der Waals surface area contributed by atoms with Crippen LogP contribution in [0.2, 0.25) is 0 Å². The molecule has 0 radical (unpaired) electrons. The Morgan fingerprint density at radius 2 is 1.89 bits per heavy atom. The molecule has 1 aliphatic rings. The van der Waals surface area contributed by atoms with Crippen LogP contribution in [-0.4, -0.2) is 17.1 Å². The number of ether oxygens (including phenoxy) is 1. The maximum atomic E-state index is 5.90. The topological polar surface area (TPSA) is 37.9 Å². The highest BCUT2D eigenvalue weighted by molar-refractivity contribution is 7.71. The Labute approximate surface area is 120 Å². The molecule has 0 bridgehead atoms. The zero-order valence-corrected chi connectivity index (χ0v) is 13.0. The van der Waals surface area contributed by atoms with E-state index in [1.54, 1.807) is 7.11 Å². The summed E-state index contributed by atoms with van der Waals surface area (Å²) in [5, 5.41) is 0. The van der Waals surface area contributed by atoms with Gasteiger partial charge in [-0.05, 0) is 26.2 Å². The predicted molar refractivity (Wildman–Crippen MR) is 79.9 cm³/mol. The Morgan fingerprint density at radius 3 is 2.42 bits per heavy atom. The molecule has 106 valence electrons. The van der Waals surface area contributed by atoms with Crippen LogP contribution in [0.1, 0.15) is 62.5 Å². The minimum absolute atomic E-state index is 0.262. The van der Waals surface area contributed by atoms with E-state index in [4.69, 9.17) is 17.0 Å². The van der Waals surface area contributed by atoms with Crippen LogP contribution in [0.4, 0.5) is 0 Å². The summed E-state index contributed by atoms with van der Waals surface area (Å²) in [5.74, 6) is 0.935. The lowest BCUT2D eigenvalue weighted by Gasteiger charge is -2.31. The van der Waals surface area contributed by atoms with Crippen LogP contribution in [0.25, 0.3) is 0 Å². The van der Waals surface area contributed by atoms with Gasteiger partial charge < -0.3 is 9.72 Å². The van der Waals surface area contributed by atoms with Gasteiger partial charge in [0.15, 0.2) is 0 Å². The maximum absolute atomic E-state index is 5.90. The molecule has 0 amide bonds. The van der Waals surface area contributed by atoms with Crippen LogP contribution in [0.5, 0.6) is 0 Å². The summed E-state index contributed by atoms with van der Waals surface area (Å²) in [7, 11) is 1.80. The number of rotatable bonds is 3. The smallest absolute Gasteiger partial charge is 0.140 e. The quantitative estimate of drug-likeness (QED) is 0.666. The number of hydrogen-bond acceptors (Lipinski definition) is 3. The molecule has 1 aromatic heterocycles. The first-order valence-electron chi connectivity index (χ1n) is 7.28. The highest BCUT2D eigenvalue weighted by Gasteiger charge is 2.35. The summed E-state index contributed by atoms with van der Waals surface area (Å²) in [4.78, 5) is 8.11. The molecule has 1 saturated carbocycles. The molecule has 0 spiro atoms. The Morgan fingerprint density at radius 1 is 1.26 bits per heavy atom. The van der Waals surface area contributed by atoms with Gasteiger partial charge in [-0.1, -0.05) is 44.8 Å². The molecule has 1 aliphatic carbocycles. The molecule has 0 aliphatic heterocycles. The van der Waals surface area contributed by atoms with Crippen LogP contribution >= 0.6 is 12.2 Å². The first-order valence-corrected chi connectivity index (χ1v) is 7.69. The van der Waals surface area contributed by atoms with Gasteiger partial charge in [0.25, 0.3) is 0 Å². The van der Waals surface area contributed by atoms with Crippen LogP contribution in [0.3, 0.4) is 0 Å². The van der Waals surface area contributed by atoms with Gasteiger partial charge in [-0.2, -0.15) is 0 Å². The van der Waals surface area contributed by atoms with E-state index >= 15 is 0 Å². The van der Waals surface area contributed by atoms with Gasteiger partial charge in [-0.3, -0.25) is 0 Å². The molecular weight excluding hydrogens is 256 g/mol. The molecule has 4 heteroatoms. The summed E-state index contributed by atoms with van der Waals surface area (Å²) in [5.41, 5.74) is 2.03. The summed E-state index contributed by atoms with van der Waals surface area (Å²) in [6, 6.07) is 0. The number of nitrogens with one attached hydrogen (secondary N) is 1. The average Bonchev–Trinajstić information content (AvgIpc) is 2.68. The molecule has 1 N–H and O–H groups in total. The first-order chi connectivity index (χ1) is 9.13. The third-order valence-electron chi connectivity index (χ3n) is 4.34. The van der Waals surface area contributed by atoms with Gasteiger partial charge in [0.2, 0.25) is 0 Å². The molecule has 1 aromatic rings. The van der Waals surface area contributed by atoms with Gasteiger partial charge in [0.1, 0.15) is 16.1 Å². The average molecular weight is 280 g/mol. The first kappa shape index (κ1) is 14.7. The van der Waals surface area contributed by atoms with Crippen molar-refractivity contribution in [3.05, 3.63) is 21.7 Å². The van der Waals surface area contributed by atoms with Crippen molar-refractivity contribution in [2.45, 2.75) is 64.4 Å². The van der Waals surface area contributed by atoms with Crippen LogP contribution < -0.4 is 0 Å². The van der Waals surface area contributed by atoms with Gasteiger partial charge in [0, 0.05) is 18.4 Å². The highest BCUT2D eigenvalue weighted by Crippen LogP contribution is 2.37. The standard InChI is InChI=1S/C15H24N2OS/c1-4-12-11(2)13(19)17-14(16-12)15(18-3)9-7-5-6-8-10-15/h4-10H2,1-3H3,(H,16,17,19). The van der Waals surface area contributed by atoms with E-state index in [9.17, 15) is 0 Å². The second-order valence-electron chi connectivity index (χ2n) is 5.46. The van der Waals surface area contributed by atoms with Crippen molar-refractivity contribution in [3.8, 4) is 0 Å². The number of methoxy groups -OCH3 is 1. The second-order valence-corrected chi connectivity index (χ2v) is 5.85. The van der Waals surface area contributed by atoms with E-state index in [1.807, 2.05) is 6.92 Å². The minimum Gasteiger partial charge on any atom is -0.370 e. The summed E-state index contributed by atoms with van der Waals surface area (Å²) in [6.45, 7) is 4.19. The van der Waals surface area contributed by atoms with E-state index in [0.717, 1.165) is 30.7 Å². The van der Waals surface area contributed by atoms with Crippen molar-refractivity contribution in [3.63, 3.8) is 0 Å². The normalized spacial score (nSPS) is 19.1. The Balaban J connectivity index is 2.48. The second kappa shape index (κ2) is 6.14. The molecule has 1 fully saturated rings. The van der Waals surface area contributed by atoms with Crippen molar-refractivity contribution >= 4 is 12.2 Å². The highest BCUT2D eigenvalue weighted by atomic mass is 32.1. The molecule has 1 heterocycles. The van der Waals surface area contributed by atoms with E-state index in [2.05, 4.69) is 16.9 Å². The predicted octanol–water partition coefficient (Wildman–Crippen LogP) is 4.21. The third kappa shape index (κ3) is 2.90. The Bertz CT molecular complexity index is 487. The molecular formula is C15H24N2OS. The summed E-state index contributed by atoms with van der Waals surface area (Å²) < 4.78 is 6.61. The SMILES string of the molecule is CCc1[nH]c(C2(OC)CCCCCC2)nc(=S)c1C. The lowest BCUT2D eigenvalue weighted by molar-refractivity contribution is -0.0354. The monoisotopic (exact) mass is 280 g/mol. The van der Waals surface area contributed by atoms with Crippen LogP contribution in [0.15, 0.2) is 0 Å². The number of hydrogen-bond donors (Lipinski definition) is 1. The zero-order chi connectivity index (χ0) is 13.9. The summed E-state index contributed by atoms with van der Waals surface area (Å²) >= 11 is 5.41. The molecule has 0 unspecified atom stereocenters. The fraction of sp³-hybridized carbons (Fsp3) is 0.733. The Kier molecular flexibility index (Phi) is 4.74. The lowest BCUT2D eigenvalue weighted by Crippen LogP contribution is -2.31. The fourth-order valence-corrected chi connectivity index (χ4v) is 3.20. The molecule has 0 aromatic carbocycles. The number of aryl methyl sites for hydroxylation is 1. The summed E-state index contributed by atoms with van der Waals surface area (Å²) in [6.07, 6.45) is 8.00. The molecule has 19 heavy (non-hydrogen) atoms. The lowest BCUT2D eigenvalue weighted by atomic mass is 9.92. The van der Waals surface area contributed by atoms with E-state index in [1.165, 1.54) is 31.4 Å². The van der Waals surface area contributed by atoms with Gasteiger partial charge in [-0.15, -0.1) is 0 Å². The van der Waals surface area contributed by atoms with Crippen molar-refractivity contribution in [2.24, 2.45) is 0 Å². The number of H-pyrrole nitrogens is 1. The van der Waals surface area contributed by atoms with Crippen molar-refractivity contribution < 1.29 is 4.74 Å². The van der Waals surface area contributed by atoms with E-state index in [-0.39, 0.29) is 5.60 Å². The van der Waals surface area contributed by atoms with Crippen LogP contribution in [-0.2, 0) is 16.8 Å². The van der Waals surface area contributed by atoms with Crippen LogP contribution in [0, 0.1) is 11.6 Å². The number of aromatic nitrogens is 2. The molecule has 0 atom stereocenters. The van der Waals surface area contributed by atoms with Gasteiger partial charge in [0.05, 0.1) is 0 Å². The van der Waals surface area contributed by atoms with Crippen molar-refractivity contribution in [2.75, 3.05) is 7.11 Å². The third-order valence-corrected chi connectivity index (χ3v) is 4.74. The number of nitrogens with zero attached hydrogens (tertiary/aromatic N) is 1. The van der Waals surface area contributed by atoms with Gasteiger partial charge >= 0.3 is 0 Å². The van der Waals surface area contributed by atoms with Gasteiger partial charge in [-0.25, -0.2) is 4.98 Å². The van der Waals surface area contributed by atoms with E-state index in [0.29, 0.717) is 4.64 Å². The van der Waals surface area contributed by atoms with E-state index < -0.39 is 0 Å². The Hall–Kier alpha value is -0.740. The molecule has 3 nitrogen and oxygen atoms in total. The number of aromatic amines is 1. The van der Waals surface area contributed by atoms with Crippen molar-refractivity contribution in [1.82, 2.24) is 9.97 Å². The molecule has 0 saturated heterocycles. The molecule has 2 rings (SSSR count). The zero-order valence-electron chi connectivity index (χ0n) is 12.2.